The van der Waals surface area contributed by atoms with E-state index in [1.165, 1.54) is 0 Å². The molecule has 1 unspecified atom stereocenters. The van der Waals surface area contributed by atoms with E-state index in [-0.39, 0.29) is 6.03 Å². The Hall–Kier alpha value is -1.30. The first-order chi connectivity index (χ1) is 9.41. The Bertz CT molecular complexity index is 347. The lowest BCUT2D eigenvalue weighted by Gasteiger charge is -2.24. The second kappa shape index (κ2) is 7.47. The van der Waals surface area contributed by atoms with Crippen LogP contribution in [0.4, 0.5) is 4.79 Å². The van der Waals surface area contributed by atoms with Crippen LogP contribution in [-0.4, -0.2) is 67.2 Å². The average molecular weight is 285 g/mol. The number of aliphatic carboxylic acids is 1. The number of likely N-dealkylation sites (tertiary alicyclic amines) is 1. The van der Waals surface area contributed by atoms with Crippen molar-refractivity contribution in [2.75, 3.05) is 40.3 Å². The molecule has 1 heterocycles. The van der Waals surface area contributed by atoms with Gasteiger partial charge in [0.25, 0.3) is 0 Å². The van der Waals surface area contributed by atoms with Crippen LogP contribution in [0.15, 0.2) is 0 Å². The van der Waals surface area contributed by atoms with Gasteiger partial charge >= 0.3 is 12.0 Å². The van der Waals surface area contributed by atoms with E-state index in [1.807, 2.05) is 21.0 Å². The zero-order valence-electron chi connectivity index (χ0n) is 12.8. The molecule has 1 atom stereocenters. The molecule has 1 saturated heterocycles. The molecule has 1 fully saturated rings. The van der Waals surface area contributed by atoms with Crippen molar-refractivity contribution in [3.63, 3.8) is 0 Å². The highest BCUT2D eigenvalue weighted by atomic mass is 16.4. The van der Waals surface area contributed by atoms with Crippen molar-refractivity contribution in [2.24, 2.45) is 5.41 Å². The van der Waals surface area contributed by atoms with Gasteiger partial charge in [0.15, 0.2) is 0 Å². The molecule has 0 saturated carbocycles. The average Bonchev–Trinajstić information content (AvgIpc) is 2.80. The fourth-order valence-corrected chi connectivity index (χ4v) is 2.71. The summed E-state index contributed by atoms with van der Waals surface area (Å²) in [7, 11) is 3.99. The molecule has 1 aliphatic rings. The summed E-state index contributed by atoms with van der Waals surface area (Å²) in [5.74, 6) is -0.776. The van der Waals surface area contributed by atoms with Gasteiger partial charge in [0.1, 0.15) is 0 Å². The van der Waals surface area contributed by atoms with Crippen molar-refractivity contribution < 1.29 is 14.7 Å². The van der Waals surface area contributed by atoms with Crippen molar-refractivity contribution in [3.8, 4) is 0 Å². The van der Waals surface area contributed by atoms with Crippen molar-refractivity contribution >= 4 is 12.0 Å². The smallest absolute Gasteiger partial charge is 0.317 e. The highest BCUT2D eigenvalue weighted by Gasteiger charge is 2.45. The SMILES string of the molecule is CCCC1(C(=O)O)CCN(C(=O)NCCCN(C)C)C1. The standard InChI is InChI=1S/C14H27N3O3/c1-4-6-14(12(18)19)7-10-17(11-14)13(20)15-8-5-9-16(2)3/h4-11H2,1-3H3,(H,15,20)(H,18,19). The molecular weight excluding hydrogens is 258 g/mol. The summed E-state index contributed by atoms with van der Waals surface area (Å²) in [5.41, 5.74) is -0.740. The van der Waals surface area contributed by atoms with E-state index in [4.69, 9.17) is 0 Å². The van der Waals surface area contributed by atoms with Crippen LogP contribution in [0.2, 0.25) is 0 Å². The number of nitrogens with one attached hydrogen (secondary N) is 1. The molecule has 0 spiro atoms. The molecule has 6 heteroatoms. The minimum absolute atomic E-state index is 0.136. The van der Waals surface area contributed by atoms with E-state index >= 15 is 0 Å². The van der Waals surface area contributed by atoms with Crippen LogP contribution in [0.1, 0.15) is 32.6 Å². The van der Waals surface area contributed by atoms with Crippen LogP contribution in [0.25, 0.3) is 0 Å². The molecule has 1 aliphatic heterocycles. The monoisotopic (exact) mass is 285 g/mol. The molecule has 0 aromatic heterocycles. The molecule has 1 rings (SSSR count). The molecule has 116 valence electrons. The summed E-state index contributed by atoms with van der Waals surface area (Å²) in [6.45, 7) is 4.40. The number of rotatable bonds is 7. The minimum Gasteiger partial charge on any atom is -0.481 e. The lowest BCUT2D eigenvalue weighted by atomic mass is 9.83. The molecule has 2 amide bonds. The molecule has 0 aliphatic carbocycles. The van der Waals surface area contributed by atoms with Gasteiger partial charge in [-0.05, 0) is 39.9 Å². The molecule has 0 aromatic rings. The maximum atomic E-state index is 12.0. The topological polar surface area (TPSA) is 72.9 Å². The van der Waals surface area contributed by atoms with Crippen LogP contribution in [0.5, 0.6) is 0 Å². The van der Waals surface area contributed by atoms with Gasteiger partial charge in [0.05, 0.1) is 5.41 Å². The zero-order valence-corrected chi connectivity index (χ0v) is 12.8. The predicted octanol–water partition coefficient (Wildman–Crippen LogP) is 1.22. The molecular formula is C14H27N3O3. The van der Waals surface area contributed by atoms with Crippen molar-refractivity contribution in [1.29, 1.82) is 0 Å². The van der Waals surface area contributed by atoms with Crippen LogP contribution >= 0.6 is 0 Å². The van der Waals surface area contributed by atoms with Crippen molar-refractivity contribution in [1.82, 2.24) is 15.1 Å². The predicted molar refractivity (Wildman–Crippen MR) is 77.7 cm³/mol. The third kappa shape index (κ3) is 4.37. The van der Waals surface area contributed by atoms with Gasteiger partial charge < -0.3 is 20.2 Å². The number of carboxylic acid groups (broad SMARTS) is 1. The Labute approximate surface area is 121 Å². The summed E-state index contributed by atoms with van der Waals surface area (Å²) in [6, 6.07) is -0.136. The molecule has 0 aromatic carbocycles. The largest absolute Gasteiger partial charge is 0.481 e. The number of hydrogen-bond donors (Lipinski definition) is 2. The first kappa shape index (κ1) is 16.8. The Morgan fingerprint density at radius 3 is 2.65 bits per heavy atom. The summed E-state index contributed by atoms with van der Waals surface area (Å²) in [6.07, 6.45) is 2.91. The van der Waals surface area contributed by atoms with E-state index in [2.05, 4.69) is 10.2 Å². The first-order valence-electron chi connectivity index (χ1n) is 7.32. The lowest BCUT2D eigenvalue weighted by molar-refractivity contribution is -0.148. The van der Waals surface area contributed by atoms with E-state index < -0.39 is 11.4 Å². The van der Waals surface area contributed by atoms with E-state index in [9.17, 15) is 14.7 Å². The Kier molecular flexibility index (Phi) is 6.26. The summed E-state index contributed by atoms with van der Waals surface area (Å²) >= 11 is 0. The number of urea groups is 1. The highest BCUT2D eigenvalue weighted by molar-refractivity contribution is 5.79. The van der Waals surface area contributed by atoms with E-state index in [1.54, 1.807) is 4.90 Å². The van der Waals surface area contributed by atoms with Gasteiger partial charge in [0.2, 0.25) is 0 Å². The second-order valence-electron chi connectivity index (χ2n) is 5.90. The summed E-state index contributed by atoms with van der Waals surface area (Å²) < 4.78 is 0. The van der Waals surface area contributed by atoms with Crippen LogP contribution in [0.3, 0.4) is 0 Å². The van der Waals surface area contributed by atoms with Gasteiger partial charge in [-0.3, -0.25) is 4.79 Å². The molecule has 6 nitrogen and oxygen atoms in total. The quantitative estimate of drug-likeness (QED) is 0.690. The number of amides is 2. The van der Waals surface area contributed by atoms with E-state index in [0.717, 1.165) is 19.4 Å². The van der Waals surface area contributed by atoms with Gasteiger partial charge in [0, 0.05) is 19.6 Å². The summed E-state index contributed by atoms with van der Waals surface area (Å²) in [4.78, 5) is 27.2. The van der Waals surface area contributed by atoms with Gasteiger partial charge in [-0.1, -0.05) is 13.3 Å². The van der Waals surface area contributed by atoms with Gasteiger partial charge in [-0.15, -0.1) is 0 Å². The van der Waals surface area contributed by atoms with Crippen LogP contribution < -0.4 is 5.32 Å². The Morgan fingerprint density at radius 1 is 1.40 bits per heavy atom. The lowest BCUT2D eigenvalue weighted by Crippen LogP contribution is -2.42. The maximum Gasteiger partial charge on any atom is 0.317 e. The summed E-state index contributed by atoms with van der Waals surface area (Å²) in [5, 5.41) is 12.3. The Morgan fingerprint density at radius 2 is 2.10 bits per heavy atom. The highest BCUT2D eigenvalue weighted by Crippen LogP contribution is 2.35. The third-order valence-corrected chi connectivity index (χ3v) is 3.88. The number of hydrogen-bond acceptors (Lipinski definition) is 3. The number of carbonyl (C=O) groups is 2. The van der Waals surface area contributed by atoms with Crippen LogP contribution in [0, 0.1) is 5.41 Å². The molecule has 0 bridgehead atoms. The molecule has 2 N–H and O–H groups in total. The first-order valence-corrected chi connectivity index (χ1v) is 7.32. The number of carboxylic acids is 1. The van der Waals surface area contributed by atoms with Gasteiger partial charge in [-0.2, -0.15) is 0 Å². The fourth-order valence-electron chi connectivity index (χ4n) is 2.71. The normalized spacial score (nSPS) is 22.3. The second-order valence-corrected chi connectivity index (χ2v) is 5.90. The van der Waals surface area contributed by atoms with Crippen LogP contribution in [-0.2, 0) is 4.79 Å². The van der Waals surface area contributed by atoms with Crippen molar-refractivity contribution in [3.05, 3.63) is 0 Å². The fraction of sp³-hybridized carbons (Fsp3) is 0.857. The number of carbonyl (C=O) groups excluding carboxylic acids is 1. The maximum absolute atomic E-state index is 12.0. The van der Waals surface area contributed by atoms with E-state index in [0.29, 0.717) is 32.5 Å². The third-order valence-electron chi connectivity index (χ3n) is 3.88. The number of nitrogens with zero attached hydrogens (tertiary/aromatic N) is 2. The van der Waals surface area contributed by atoms with Gasteiger partial charge in [-0.25, -0.2) is 4.79 Å². The Balaban J connectivity index is 2.42. The van der Waals surface area contributed by atoms with Crippen molar-refractivity contribution in [2.45, 2.75) is 32.6 Å². The molecule has 20 heavy (non-hydrogen) atoms. The zero-order chi connectivity index (χ0) is 15.2. The molecule has 0 radical (unpaired) electrons. The minimum atomic E-state index is -0.776.